The molecule has 4 aliphatic carbocycles. The average Bonchev–Trinajstić information content (AvgIpc) is 2.88. The second-order valence-corrected chi connectivity index (χ2v) is 21.4. The highest BCUT2D eigenvalue weighted by molar-refractivity contribution is 6.03. The fourth-order valence-corrected chi connectivity index (χ4v) is 12.9. The monoisotopic (exact) mass is 663 g/mol. The van der Waals surface area contributed by atoms with Crippen molar-refractivity contribution in [3.63, 3.8) is 0 Å². The summed E-state index contributed by atoms with van der Waals surface area (Å²) in [6, 6.07) is 7.32. The fraction of sp³-hybridized carbons (Fsp3) is 0.818. The van der Waals surface area contributed by atoms with Gasteiger partial charge in [-0.3, -0.25) is 0 Å². The Kier molecular flexibility index (Phi) is 10.2. The SMILES string of the molecule is C[C@H]1C[C@H]([C@@]2(OC(=O)c3ccccc3C(=O)O[C@]3([C@H]4C[C@H](C)CC(C)(C)C4)C[C@@H](C)CC(C)(C)C3)C[C@@H](C)CC(C)(C)C2)CC(C)(C)C1. The van der Waals surface area contributed by atoms with Gasteiger partial charge in [0, 0.05) is 0 Å². The first-order valence-electron chi connectivity index (χ1n) is 19.6. The summed E-state index contributed by atoms with van der Waals surface area (Å²) >= 11 is 0. The summed E-state index contributed by atoms with van der Waals surface area (Å²) in [6.45, 7) is 28.3. The molecule has 0 saturated heterocycles. The van der Waals surface area contributed by atoms with Crippen LogP contribution in [-0.4, -0.2) is 23.1 Å². The molecule has 4 fully saturated rings. The predicted molar refractivity (Wildman–Crippen MR) is 197 cm³/mol. The van der Waals surface area contributed by atoms with E-state index in [4.69, 9.17) is 9.47 Å². The number of carbonyl (C=O) groups is 2. The molecule has 0 amide bonds. The van der Waals surface area contributed by atoms with Crippen LogP contribution in [0.25, 0.3) is 0 Å². The summed E-state index contributed by atoms with van der Waals surface area (Å²) in [7, 11) is 0. The van der Waals surface area contributed by atoms with E-state index < -0.39 is 11.2 Å². The Morgan fingerprint density at radius 2 is 0.833 bits per heavy atom. The van der Waals surface area contributed by atoms with Crippen molar-refractivity contribution in [2.75, 3.05) is 0 Å². The molecule has 0 heterocycles. The van der Waals surface area contributed by atoms with E-state index in [1.54, 1.807) is 12.1 Å². The van der Waals surface area contributed by atoms with Gasteiger partial charge in [-0.05, 0) is 146 Å². The molecule has 0 aromatic heterocycles. The molecule has 0 unspecified atom stereocenters. The van der Waals surface area contributed by atoms with Gasteiger partial charge in [0.25, 0.3) is 0 Å². The summed E-state index contributed by atoms with van der Waals surface area (Å²) in [5.41, 5.74) is 0.182. The van der Waals surface area contributed by atoms with E-state index in [2.05, 4.69) is 83.1 Å². The van der Waals surface area contributed by atoms with Gasteiger partial charge in [-0.2, -0.15) is 0 Å². The Bertz CT molecular complexity index is 1240. The molecular weight excluding hydrogens is 592 g/mol. The molecule has 0 spiro atoms. The number of rotatable bonds is 6. The highest BCUT2D eigenvalue weighted by Gasteiger charge is 2.55. The van der Waals surface area contributed by atoms with Gasteiger partial charge < -0.3 is 9.47 Å². The van der Waals surface area contributed by atoms with Crippen molar-refractivity contribution in [3.8, 4) is 0 Å². The molecule has 1 aromatic rings. The molecule has 0 N–H and O–H groups in total. The van der Waals surface area contributed by atoms with Crippen molar-refractivity contribution in [2.45, 2.75) is 171 Å². The summed E-state index contributed by atoms with van der Waals surface area (Å²) in [5.74, 6) is 1.97. The van der Waals surface area contributed by atoms with Crippen LogP contribution in [0.3, 0.4) is 0 Å². The van der Waals surface area contributed by atoms with E-state index in [1.165, 1.54) is 12.8 Å². The zero-order valence-corrected chi connectivity index (χ0v) is 32.9. The molecular formula is C44H70O4. The van der Waals surface area contributed by atoms with Crippen LogP contribution in [-0.2, 0) is 9.47 Å². The van der Waals surface area contributed by atoms with E-state index in [0.717, 1.165) is 64.2 Å². The minimum absolute atomic E-state index is 0.0724. The molecule has 4 nitrogen and oxygen atoms in total. The van der Waals surface area contributed by atoms with Gasteiger partial charge in [-0.25, -0.2) is 9.59 Å². The van der Waals surface area contributed by atoms with Crippen molar-refractivity contribution in [1.29, 1.82) is 0 Å². The summed E-state index contributed by atoms with van der Waals surface area (Å²) in [5, 5.41) is 0. The number of benzene rings is 1. The van der Waals surface area contributed by atoms with Gasteiger partial charge in [-0.1, -0.05) is 95.2 Å². The molecule has 4 aliphatic rings. The first-order chi connectivity index (χ1) is 22.0. The molecule has 5 rings (SSSR count). The first kappa shape index (κ1) is 37.4. The number of hydrogen-bond acceptors (Lipinski definition) is 4. The maximum Gasteiger partial charge on any atom is 0.339 e. The van der Waals surface area contributed by atoms with E-state index in [-0.39, 0.29) is 33.6 Å². The third kappa shape index (κ3) is 8.37. The molecule has 4 heteroatoms. The number of ether oxygens (including phenoxy) is 2. The van der Waals surface area contributed by atoms with Crippen molar-refractivity contribution in [3.05, 3.63) is 35.4 Å². The molecule has 8 atom stereocenters. The van der Waals surface area contributed by atoms with Crippen LogP contribution in [0.15, 0.2) is 24.3 Å². The Balaban J connectivity index is 1.49. The Morgan fingerprint density at radius 3 is 1.15 bits per heavy atom. The molecule has 270 valence electrons. The normalized spacial score (nSPS) is 38.8. The summed E-state index contributed by atoms with van der Waals surface area (Å²) in [6.07, 6.45) is 12.4. The Hall–Kier alpha value is -1.84. The topological polar surface area (TPSA) is 52.6 Å². The number of hydrogen-bond donors (Lipinski definition) is 0. The van der Waals surface area contributed by atoms with E-state index in [0.29, 0.717) is 46.6 Å². The van der Waals surface area contributed by atoms with Gasteiger partial charge in [0.2, 0.25) is 0 Å². The minimum atomic E-state index is -0.547. The van der Waals surface area contributed by atoms with Gasteiger partial charge >= 0.3 is 11.9 Å². The average molecular weight is 663 g/mol. The van der Waals surface area contributed by atoms with Gasteiger partial charge in [0.05, 0.1) is 11.1 Å². The molecule has 48 heavy (non-hydrogen) atoms. The second-order valence-electron chi connectivity index (χ2n) is 21.4. The van der Waals surface area contributed by atoms with Crippen LogP contribution in [0.4, 0.5) is 0 Å². The van der Waals surface area contributed by atoms with Crippen molar-refractivity contribution < 1.29 is 19.1 Å². The second kappa shape index (κ2) is 13.0. The smallest absolute Gasteiger partial charge is 0.339 e. The van der Waals surface area contributed by atoms with Crippen LogP contribution in [0.5, 0.6) is 0 Å². The molecule has 0 bridgehead atoms. The summed E-state index contributed by atoms with van der Waals surface area (Å²) < 4.78 is 13.8. The van der Waals surface area contributed by atoms with Crippen LogP contribution in [0.1, 0.15) is 181 Å². The van der Waals surface area contributed by atoms with Gasteiger partial charge in [0.15, 0.2) is 0 Å². The molecule has 0 radical (unpaired) electrons. The maximum atomic E-state index is 14.6. The molecule has 4 saturated carbocycles. The molecule has 1 aromatic carbocycles. The third-order valence-corrected chi connectivity index (χ3v) is 13.0. The van der Waals surface area contributed by atoms with Gasteiger partial charge in [-0.15, -0.1) is 0 Å². The van der Waals surface area contributed by atoms with Crippen molar-refractivity contribution in [2.24, 2.45) is 57.2 Å². The highest BCUT2D eigenvalue weighted by atomic mass is 16.6. The maximum absolute atomic E-state index is 14.6. The standard InChI is InChI=1S/C44H70O4/c1-29-17-33(25-39(5,6)19-29)43(23-31(3)21-41(9,10)27-43)47-37(45)35-15-13-14-16-36(35)38(46)48-44(24-32(4)22-42(11,12)28-44)34-18-30(2)20-40(7,8)26-34/h13-16,29-34H,17-28H2,1-12H3/t29-,30-,31-,32-,33-,34-,43+,44+/m0/s1. The van der Waals surface area contributed by atoms with Crippen LogP contribution in [0, 0.1) is 57.2 Å². The lowest BCUT2D eigenvalue weighted by atomic mass is 9.55. The van der Waals surface area contributed by atoms with E-state index in [9.17, 15) is 9.59 Å². The van der Waals surface area contributed by atoms with Crippen LogP contribution >= 0.6 is 0 Å². The first-order valence-corrected chi connectivity index (χ1v) is 19.6. The largest absolute Gasteiger partial charge is 0.455 e. The zero-order valence-electron chi connectivity index (χ0n) is 32.9. The zero-order chi connectivity index (χ0) is 35.5. The predicted octanol–water partition coefficient (Wildman–Crippen LogP) is 12.1. The highest BCUT2D eigenvalue weighted by Crippen LogP contribution is 2.57. The van der Waals surface area contributed by atoms with E-state index >= 15 is 0 Å². The Labute approximate surface area is 294 Å². The lowest BCUT2D eigenvalue weighted by molar-refractivity contribution is -0.134. The quantitative estimate of drug-likeness (QED) is 0.284. The number of carbonyl (C=O) groups excluding carboxylic acids is 2. The van der Waals surface area contributed by atoms with Crippen molar-refractivity contribution in [1.82, 2.24) is 0 Å². The van der Waals surface area contributed by atoms with Crippen LogP contribution < -0.4 is 0 Å². The summed E-state index contributed by atoms with van der Waals surface area (Å²) in [4.78, 5) is 29.1. The molecule has 0 aliphatic heterocycles. The number of esters is 2. The van der Waals surface area contributed by atoms with Crippen molar-refractivity contribution >= 4 is 11.9 Å². The fourth-order valence-electron chi connectivity index (χ4n) is 12.9. The lowest BCUT2D eigenvalue weighted by Gasteiger charge is -2.54. The third-order valence-electron chi connectivity index (χ3n) is 13.0. The van der Waals surface area contributed by atoms with Crippen LogP contribution in [0.2, 0.25) is 0 Å². The minimum Gasteiger partial charge on any atom is -0.455 e. The van der Waals surface area contributed by atoms with E-state index in [1.807, 2.05) is 12.1 Å². The Morgan fingerprint density at radius 1 is 0.500 bits per heavy atom. The lowest BCUT2D eigenvalue weighted by Crippen LogP contribution is -2.53. The van der Waals surface area contributed by atoms with Gasteiger partial charge in [0.1, 0.15) is 11.2 Å².